The second kappa shape index (κ2) is 8.75. The average Bonchev–Trinajstić information content (AvgIpc) is 2.98. The van der Waals surface area contributed by atoms with Gasteiger partial charge >= 0.3 is 0 Å². The van der Waals surface area contributed by atoms with Crippen LogP contribution in [0.2, 0.25) is 0 Å². The SMILES string of the molecule is CN(C)S(=O)(=O)c1cccc(C(=O)Nc2ccc(N3CCCCCC3)cc2)c1. The van der Waals surface area contributed by atoms with E-state index in [1.165, 1.54) is 57.6 Å². The number of sulfonamides is 1. The van der Waals surface area contributed by atoms with Crippen LogP contribution < -0.4 is 10.2 Å². The molecule has 0 bridgehead atoms. The second-order valence-corrected chi connectivity index (χ2v) is 9.37. The Morgan fingerprint density at radius 2 is 1.61 bits per heavy atom. The number of nitrogens with one attached hydrogen (secondary N) is 1. The predicted octanol–water partition coefficient (Wildman–Crippen LogP) is 3.57. The van der Waals surface area contributed by atoms with Crippen LogP contribution in [0.15, 0.2) is 53.4 Å². The lowest BCUT2D eigenvalue weighted by molar-refractivity contribution is 0.102. The van der Waals surface area contributed by atoms with E-state index in [9.17, 15) is 13.2 Å². The van der Waals surface area contributed by atoms with Crippen LogP contribution >= 0.6 is 0 Å². The van der Waals surface area contributed by atoms with Gasteiger partial charge in [-0.05, 0) is 55.3 Å². The summed E-state index contributed by atoms with van der Waals surface area (Å²) in [4.78, 5) is 15.0. The molecule has 0 spiro atoms. The molecule has 28 heavy (non-hydrogen) atoms. The number of anilines is 2. The van der Waals surface area contributed by atoms with Gasteiger partial charge in [0.25, 0.3) is 5.91 Å². The maximum absolute atomic E-state index is 12.6. The summed E-state index contributed by atoms with van der Waals surface area (Å²) in [6, 6.07) is 13.9. The fourth-order valence-corrected chi connectivity index (χ4v) is 4.24. The van der Waals surface area contributed by atoms with Gasteiger partial charge in [-0.25, -0.2) is 12.7 Å². The summed E-state index contributed by atoms with van der Waals surface area (Å²) in [5.74, 6) is -0.335. The molecular weight excluding hydrogens is 374 g/mol. The lowest BCUT2D eigenvalue weighted by atomic mass is 10.2. The minimum atomic E-state index is -3.58. The van der Waals surface area contributed by atoms with E-state index in [4.69, 9.17) is 0 Å². The van der Waals surface area contributed by atoms with E-state index in [1.54, 1.807) is 12.1 Å². The molecule has 1 heterocycles. The minimum Gasteiger partial charge on any atom is -0.372 e. The quantitative estimate of drug-likeness (QED) is 0.832. The molecule has 0 aliphatic carbocycles. The van der Waals surface area contributed by atoms with Gasteiger partial charge in [0.05, 0.1) is 4.90 Å². The molecule has 6 nitrogen and oxygen atoms in total. The maximum atomic E-state index is 12.6. The first-order valence-corrected chi connectivity index (χ1v) is 11.0. The summed E-state index contributed by atoms with van der Waals surface area (Å²) < 4.78 is 25.7. The molecule has 2 aromatic rings. The van der Waals surface area contributed by atoms with Crippen LogP contribution in [0.5, 0.6) is 0 Å². The van der Waals surface area contributed by atoms with E-state index in [0.717, 1.165) is 17.4 Å². The van der Waals surface area contributed by atoms with Gasteiger partial charge in [-0.1, -0.05) is 18.9 Å². The van der Waals surface area contributed by atoms with Gasteiger partial charge in [0.2, 0.25) is 10.0 Å². The van der Waals surface area contributed by atoms with Crippen LogP contribution in [-0.2, 0) is 10.0 Å². The third-order valence-corrected chi connectivity index (χ3v) is 6.78. The Morgan fingerprint density at radius 3 is 2.21 bits per heavy atom. The number of hydrogen-bond donors (Lipinski definition) is 1. The number of nitrogens with zero attached hydrogens (tertiary/aromatic N) is 2. The van der Waals surface area contributed by atoms with E-state index >= 15 is 0 Å². The molecule has 0 atom stereocenters. The van der Waals surface area contributed by atoms with Crippen molar-refractivity contribution in [1.29, 1.82) is 0 Å². The van der Waals surface area contributed by atoms with Crippen molar-refractivity contribution in [2.75, 3.05) is 37.4 Å². The number of carbonyl (C=O) groups excluding carboxylic acids is 1. The molecule has 0 unspecified atom stereocenters. The fraction of sp³-hybridized carbons (Fsp3) is 0.381. The van der Waals surface area contributed by atoms with Crippen molar-refractivity contribution in [3.05, 3.63) is 54.1 Å². The Labute approximate surface area is 167 Å². The smallest absolute Gasteiger partial charge is 0.255 e. The Bertz CT molecular complexity index is 916. The molecule has 1 amide bonds. The second-order valence-electron chi connectivity index (χ2n) is 7.22. The van der Waals surface area contributed by atoms with Crippen LogP contribution in [0.4, 0.5) is 11.4 Å². The monoisotopic (exact) mass is 401 g/mol. The summed E-state index contributed by atoms with van der Waals surface area (Å²) in [6.07, 6.45) is 5.00. The molecule has 1 fully saturated rings. The van der Waals surface area contributed by atoms with Gasteiger partial charge in [-0.3, -0.25) is 4.79 Å². The predicted molar refractivity (Wildman–Crippen MR) is 112 cm³/mol. The Morgan fingerprint density at radius 1 is 0.964 bits per heavy atom. The highest BCUT2D eigenvalue weighted by Gasteiger charge is 2.19. The van der Waals surface area contributed by atoms with Crippen LogP contribution in [0, 0.1) is 0 Å². The van der Waals surface area contributed by atoms with Crippen LogP contribution in [0.1, 0.15) is 36.0 Å². The number of carbonyl (C=O) groups is 1. The first kappa shape index (κ1) is 20.4. The number of benzene rings is 2. The summed E-state index contributed by atoms with van der Waals surface area (Å²) in [5, 5.41) is 2.84. The molecule has 1 aliphatic rings. The van der Waals surface area contributed by atoms with E-state index < -0.39 is 10.0 Å². The molecule has 3 rings (SSSR count). The normalized spacial score (nSPS) is 15.3. The van der Waals surface area contributed by atoms with E-state index in [0.29, 0.717) is 11.3 Å². The standard InChI is InChI=1S/C21H27N3O3S/c1-23(2)28(26,27)20-9-7-8-17(16-20)21(25)22-18-10-12-19(13-11-18)24-14-5-3-4-6-15-24/h7-13,16H,3-6,14-15H2,1-2H3,(H,22,25). The van der Waals surface area contributed by atoms with Crippen molar-refractivity contribution >= 4 is 27.3 Å². The zero-order valence-electron chi connectivity index (χ0n) is 16.4. The lowest BCUT2D eigenvalue weighted by Crippen LogP contribution is -2.23. The largest absolute Gasteiger partial charge is 0.372 e. The van der Waals surface area contributed by atoms with Crippen molar-refractivity contribution in [3.8, 4) is 0 Å². The topological polar surface area (TPSA) is 69.7 Å². The molecule has 1 saturated heterocycles. The molecule has 2 aromatic carbocycles. The van der Waals surface area contributed by atoms with Crippen molar-refractivity contribution in [3.63, 3.8) is 0 Å². The van der Waals surface area contributed by atoms with Gasteiger partial charge in [0, 0.05) is 44.1 Å². The first-order valence-electron chi connectivity index (χ1n) is 9.57. The Kier molecular flexibility index (Phi) is 6.36. The fourth-order valence-electron chi connectivity index (χ4n) is 3.30. The number of hydrogen-bond acceptors (Lipinski definition) is 4. The molecule has 1 aliphatic heterocycles. The molecule has 7 heteroatoms. The molecule has 1 N–H and O–H groups in total. The van der Waals surface area contributed by atoms with Crippen LogP contribution in [-0.4, -0.2) is 45.8 Å². The number of amides is 1. The highest BCUT2D eigenvalue weighted by Crippen LogP contribution is 2.22. The highest BCUT2D eigenvalue weighted by atomic mass is 32.2. The Balaban J connectivity index is 1.71. The molecule has 0 radical (unpaired) electrons. The van der Waals surface area contributed by atoms with Crippen LogP contribution in [0.25, 0.3) is 0 Å². The maximum Gasteiger partial charge on any atom is 0.255 e. The van der Waals surface area contributed by atoms with Gasteiger partial charge in [-0.2, -0.15) is 0 Å². The zero-order valence-corrected chi connectivity index (χ0v) is 17.2. The van der Waals surface area contributed by atoms with Gasteiger partial charge in [-0.15, -0.1) is 0 Å². The van der Waals surface area contributed by atoms with Crippen LogP contribution in [0.3, 0.4) is 0 Å². The van der Waals surface area contributed by atoms with Crippen molar-refractivity contribution < 1.29 is 13.2 Å². The van der Waals surface area contributed by atoms with Crippen molar-refractivity contribution in [2.45, 2.75) is 30.6 Å². The minimum absolute atomic E-state index is 0.0988. The Hall–Kier alpha value is -2.38. The molecule has 150 valence electrons. The van der Waals surface area contributed by atoms with Crippen molar-refractivity contribution in [2.24, 2.45) is 0 Å². The zero-order chi connectivity index (χ0) is 20.1. The lowest BCUT2D eigenvalue weighted by Gasteiger charge is -2.22. The summed E-state index contributed by atoms with van der Waals surface area (Å²) >= 11 is 0. The number of rotatable bonds is 5. The third kappa shape index (κ3) is 4.72. The van der Waals surface area contributed by atoms with E-state index in [2.05, 4.69) is 10.2 Å². The third-order valence-electron chi connectivity index (χ3n) is 4.97. The molecular formula is C21H27N3O3S. The summed E-state index contributed by atoms with van der Waals surface area (Å²) in [6.45, 7) is 2.14. The molecule has 0 aromatic heterocycles. The first-order chi connectivity index (χ1) is 13.4. The van der Waals surface area contributed by atoms with Gasteiger partial charge in [0.15, 0.2) is 0 Å². The van der Waals surface area contributed by atoms with E-state index in [1.807, 2.05) is 24.3 Å². The average molecular weight is 402 g/mol. The van der Waals surface area contributed by atoms with Gasteiger partial charge < -0.3 is 10.2 Å². The molecule has 0 saturated carbocycles. The highest BCUT2D eigenvalue weighted by molar-refractivity contribution is 7.89. The van der Waals surface area contributed by atoms with E-state index in [-0.39, 0.29) is 10.8 Å². The van der Waals surface area contributed by atoms with Gasteiger partial charge in [0.1, 0.15) is 0 Å². The van der Waals surface area contributed by atoms with Crippen molar-refractivity contribution in [1.82, 2.24) is 4.31 Å². The summed E-state index contributed by atoms with van der Waals surface area (Å²) in [7, 11) is -0.647. The summed E-state index contributed by atoms with van der Waals surface area (Å²) in [5.41, 5.74) is 2.16.